The molecule has 7 nitrogen and oxygen atoms in total. The van der Waals surface area contributed by atoms with E-state index < -0.39 is 0 Å². The molecular weight excluding hydrogens is 458 g/mol. The molecule has 0 spiro atoms. The van der Waals surface area contributed by atoms with Gasteiger partial charge in [0, 0.05) is 25.2 Å². The lowest BCUT2D eigenvalue weighted by molar-refractivity contribution is -0.135. The van der Waals surface area contributed by atoms with Crippen LogP contribution >= 0.6 is 11.8 Å². The van der Waals surface area contributed by atoms with Gasteiger partial charge in [-0.2, -0.15) is 0 Å². The van der Waals surface area contributed by atoms with Crippen LogP contribution in [0.25, 0.3) is 0 Å². The molecule has 190 valence electrons. The van der Waals surface area contributed by atoms with Crippen molar-refractivity contribution >= 4 is 23.6 Å². The van der Waals surface area contributed by atoms with E-state index in [-0.39, 0.29) is 5.91 Å². The molecule has 1 aromatic heterocycles. The van der Waals surface area contributed by atoms with Crippen molar-refractivity contribution in [1.29, 1.82) is 0 Å². The van der Waals surface area contributed by atoms with Crippen molar-refractivity contribution in [2.45, 2.75) is 88.0 Å². The zero-order valence-corrected chi connectivity index (χ0v) is 21.6. The molecular formula is C27H39N5O2S. The topological polar surface area (TPSA) is 63.5 Å². The van der Waals surface area contributed by atoms with E-state index in [1.165, 1.54) is 44.1 Å². The maximum absolute atomic E-state index is 13.7. The smallest absolute Gasteiger partial charge is 0.233 e. The molecule has 2 saturated carbocycles. The van der Waals surface area contributed by atoms with Gasteiger partial charge in [-0.05, 0) is 31.2 Å². The molecule has 0 bridgehead atoms. The van der Waals surface area contributed by atoms with E-state index in [0.717, 1.165) is 49.9 Å². The van der Waals surface area contributed by atoms with Crippen molar-refractivity contribution in [3.05, 3.63) is 35.9 Å². The fraction of sp³-hybridized carbons (Fsp3) is 0.667. The zero-order chi connectivity index (χ0) is 23.9. The number of amides is 1. The summed E-state index contributed by atoms with van der Waals surface area (Å²) in [5, 5.41) is 9.97. The summed E-state index contributed by atoms with van der Waals surface area (Å²) in [5.74, 6) is 1.60. The van der Waals surface area contributed by atoms with E-state index in [1.54, 1.807) is 11.8 Å². The number of ether oxygens (including phenoxy) is 1. The Balaban J connectivity index is 1.33. The van der Waals surface area contributed by atoms with Crippen molar-refractivity contribution in [1.82, 2.24) is 19.7 Å². The van der Waals surface area contributed by atoms with Gasteiger partial charge in [-0.25, -0.2) is 0 Å². The molecule has 0 radical (unpaired) electrons. The highest BCUT2D eigenvalue weighted by atomic mass is 32.2. The fourth-order valence-electron chi connectivity index (χ4n) is 5.91. The van der Waals surface area contributed by atoms with E-state index in [4.69, 9.17) is 4.74 Å². The first-order valence-corrected chi connectivity index (χ1v) is 14.5. The van der Waals surface area contributed by atoms with E-state index >= 15 is 0 Å². The number of rotatable bonds is 8. The summed E-state index contributed by atoms with van der Waals surface area (Å²) in [6.45, 7) is 3.74. The van der Waals surface area contributed by atoms with Crippen LogP contribution < -0.4 is 4.90 Å². The van der Waals surface area contributed by atoms with E-state index in [2.05, 4.69) is 48.8 Å². The molecule has 3 aliphatic rings. The largest absolute Gasteiger partial charge is 0.378 e. The quantitative estimate of drug-likeness (QED) is 0.491. The number of carbonyl (C=O) groups excluding carboxylic acids is 1. The van der Waals surface area contributed by atoms with E-state index in [9.17, 15) is 4.79 Å². The third-order valence-corrected chi connectivity index (χ3v) is 8.68. The lowest BCUT2D eigenvalue weighted by Gasteiger charge is -2.41. The summed E-state index contributed by atoms with van der Waals surface area (Å²) < 4.78 is 7.74. The van der Waals surface area contributed by atoms with Gasteiger partial charge in [0.2, 0.25) is 11.9 Å². The molecule has 3 fully saturated rings. The van der Waals surface area contributed by atoms with Crippen molar-refractivity contribution < 1.29 is 9.53 Å². The van der Waals surface area contributed by atoms with Crippen LogP contribution in [0.1, 0.15) is 69.8 Å². The normalized spacial score (nSPS) is 20.2. The summed E-state index contributed by atoms with van der Waals surface area (Å²) in [4.78, 5) is 18.3. The molecule has 0 N–H and O–H groups in total. The Hall–Kier alpha value is -2.06. The number of morpholine rings is 1. The van der Waals surface area contributed by atoms with Crippen LogP contribution in [0.2, 0.25) is 0 Å². The number of hydrogen-bond acceptors (Lipinski definition) is 6. The van der Waals surface area contributed by atoms with Crippen LogP contribution in [0.15, 0.2) is 35.5 Å². The molecule has 35 heavy (non-hydrogen) atoms. The minimum Gasteiger partial charge on any atom is -0.378 e. The first-order chi connectivity index (χ1) is 17.3. The van der Waals surface area contributed by atoms with Crippen LogP contribution in [0.4, 0.5) is 5.95 Å². The van der Waals surface area contributed by atoms with Crippen molar-refractivity contribution in [3.63, 3.8) is 0 Å². The van der Waals surface area contributed by atoms with Gasteiger partial charge in [-0.15, -0.1) is 10.2 Å². The number of anilines is 1. The van der Waals surface area contributed by atoms with Gasteiger partial charge in [0.05, 0.1) is 25.5 Å². The molecule has 0 atom stereocenters. The van der Waals surface area contributed by atoms with Gasteiger partial charge in [-0.1, -0.05) is 80.6 Å². The second-order valence-electron chi connectivity index (χ2n) is 10.1. The second kappa shape index (κ2) is 12.3. The summed E-state index contributed by atoms with van der Waals surface area (Å²) in [6.07, 6.45) is 12.3. The molecule has 1 aliphatic heterocycles. The maximum Gasteiger partial charge on any atom is 0.233 e. The highest BCUT2D eigenvalue weighted by Gasteiger charge is 2.32. The van der Waals surface area contributed by atoms with E-state index in [0.29, 0.717) is 37.6 Å². The number of aromatic nitrogens is 3. The number of thioether (sulfide) groups is 1. The Labute approximate surface area is 213 Å². The molecule has 1 saturated heterocycles. The van der Waals surface area contributed by atoms with Gasteiger partial charge < -0.3 is 14.5 Å². The highest BCUT2D eigenvalue weighted by Crippen LogP contribution is 2.32. The Bertz CT molecular complexity index is 916. The van der Waals surface area contributed by atoms with Gasteiger partial charge in [-0.3, -0.25) is 9.36 Å². The third kappa shape index (κ3) is 6.20. The first-order valence-electron chi connectivity index (χ1n) is 13.5. The Kier molecular flexibility index (Phi) is 8.63. The van der Waals surface area contributed by atoms with Crippen LogP contribution in [0.3, 0.4) is 0 Å². The highest BCUT2D eigenvalue weighted by molar-refractivity contribution is 7.99. The van der Waals surface area contributed by atoms with Crippen LogP contribution in [-0.4, -0.2) is 69.7 Å². The van der Waals surface area contributed by atoms with Gasteiger partial charge in [0.1, 0.15) is 0 Å². The number of nitrogens with zero attached hydrogens (tertiary/aromatic N) is 5. The predicted octanol–water partition coefficient (Wildman–Crippen LogP) is 4.75. The monoisotopic (exact) mass is 497 g/mol. The predicted molar refractivity (Wildman–Crippen MR) is 140 cm³/mol. The van der Waals surface area contributed by atoms with Gasteiger partial charge in [0.25, 0.3) is 0 Å². The van der Waals surface area contributed by atoms with Gasteiger partial charge >= 0.3 is 0 Å². The molecule has 1 amide bonds. The first kappa shape index (κ1) is 24.6. The summed E-state index contributed by atoms with van der Waals surface area (Å²) >= 11 is 1.56. The maximum atomic E-state index is 13.7. The molecule has 1 aromatic carbocycles. The Morgan fingerprint density at radius 3 is 2.17 bits per heavy atom. The molecule has 2 aliphatic carbocycles. The average Bonchev–Trinajstić information content (AvgIpc) is 3.32. The lowest BCUT2D eigenvalue weighted by atomic mass is 9.88. The van der Waals surface area contributed by atoms with Crippen LogP contribution in [0, 0.1) is 0 Å². The van der Waals surface area contributed by atoms with Crippen molar-refractivity contribution in [3.8, 4) is 0 Å². The lowest BCUT2D eigenvalue weighted by Crippen LogP contribution is -2.49. The van der Waals surface area contributed by atoms with E-state index in [1.807, 2.05) is 6.07 Å². The molecule has 0 unspecified atom stereocenters. The van der Waals surface area contributed by atoms with Crippen molar-refractivity contribution in [2.75, 3.05) is 37.0 Å². The summed E-state index contributed by atoms with van der Waals surface area (Å²) in [5.41, 5.74) is 1.21. The number of hydrogen-bond donors (Lipinski definition) is 0. The summed E-state index contributed by atoms with van der Waals surface area (Å²) in [6, 6.07) is 11.3. The molecule has 8 heteroatoms. The van der Waals surface area contributed by atoms with Gasteiger partial charge in [0.15, 0.2) is 5.16 Å². The zero-order valence-electron chi connectivity index (χ0n) is 20.8. The Morgan fingerprint density at radius 1 is 0.914 bits per heavy atom. The fourth-order valence-corrected chi connectivity index (χ4v) is 6.72. The van der Waals surface area contributed by atoms with Crippen molar-refractivity contribution in [2.24, 2.45) is 0 Å². The summed E-state index contributed by atoms with van der Waals surface area (Å²) in [7, 11) is 0. The number of carbonyl (C=O) groups is 1. The Morgan fingerprint density at radius 2 is 1.54 bits per heavy atom. The third-order valence-electron chi connectivity index (χ3n) is 7.72. The second-order valence-corrected chi connectivity index (χ2v) is 11.1. The molecule has 2 aromatic rings. The minimum absolute atomic E-state index is 0.288. The van der Waals surface area contributed by atoms with Crippen LogP contribution in [-0.2, 0) is 16.1 Å². The number of benzene rings is 1. The van der Waals surface area contributed by atoms with Crippen LogP contribution in [0.5, 0.6) is 0 Å². The standard InChI is InChI=1S/C27H39N5O2S/c33-25(32(23-12-6-2-7-13-23)24-14-8-3-9-15-24)21-35-27-29-28-26(30-16-18-34-19-17-30)31(27)20-22-10-4-1-5-11-22/h1,4-5,10-11,23-24H,2-3,6-9,12-21H2. The molecule has 5 rings (SSSR count). The minimum atomic E-state index is 0.288. The average molecular weight is 498 g/mol. The SMILES string of the molecule is O=C(CSc1nnc(N2CCOCC2)n1Cc1ccccc1)N(C1CCCCC1)C1CCCCC1. The molecule has 2 heterocycles.